The zero-order valence-corrected chi connectivity index (χ0v) is 7.84. The number of alkyl carbamates (subject to hydrolysis) is 1. The Labute approximate surface area is 77.8 Å². The summed E-state index contributed by atoms with van der Waals surface area (Å²) in [5.41, 5.74) is 0. The summed E-state index contributed by atoms with van der Waals surface area (Å²) in [6, 6.07) is 0. The number of nitrogens with one attached hydrogen (secondary N) is 2. The van der Waals surface area contributed by atoms with Crippen LogP contribution in [-0.2, 0) is 9.47 Å². The summed E-state index contributed by atoms with van der Waals surface area (Å²) in [6.07, 6.45) is -0.381. The lowest BCUT2D eigenvalue weighted by molar-refractivity contribution is -0.0120. The standard InChI is InChI=1S/C8H16N2O3/c1-2-10-8(11)13-6-7-5-9-3-4-12-7/h7,9H,2-6H2,1H3,(H,10,11). The minimum absolute atomic E-state index is 0.00337. The molecule has 0 aliphatic carbocycles. The van der Waals surface area contributed by atoms with Crippen LogP contribution in [0.3, 0.4) is 0 Å². The molecule has 5 nitrogen and oxygen atoms in total. The summed E-state index contributed by atoms with van der Waals surface area (Å²) in [5, 5.41) is 5.70. The maximum Gasteiger partial charge on any atom is 0.407 e. The quantitative estimate of drug-likeness (QED) is 0.639. The van der Waals surface area contributed by atoms with E-state index in [0.29, 0.717) is 19.8 Å². The van der Waals surface area contributed by atoms with Gasteiger partial charge in [0.25, 0.3) is 0 Å². The Hall–Kier alpha value is -0.810. The van der Waals surface area contributed by atoms with Gasteiger partial charge >= 0.3 is 6.09 Å². The van der Waals surface area contributed by atoms with Crippen LogP contribution < -0.4 is 10.6 Å². The first-order chi connectivity index (χ1) is 6.33. The van der Waals surface area contributed by atoms with E-state index in [1.54, 1.807) is 0 Å². The van der Waals surface area contributed by atoms with E-state index in [0.717, 1.165) is 13.1 Å². The number of ether oxygens (including phenoxy) is 2. The first-order valence-corrected chi connectivity index (χ1v) is 4.56. The minimum Gasteiger partial charge on any atom is -0.447 e. The fourth-order valence-electron chi connectivity index (χ4n) is 1.09. The van der Waals surface area contributed by atoms with Gasteiger partial charge in [0.05, 0.1) is 6.61 Å². The van der Waals surface area contributed by atoms with E-state index in [1.807, 2.05) is 6.92 Å². The Kier molecular flexibility index (Phi) is 4.56. The Bertz CT molecular complexity index is 157. The fourth-order valence-corrected chi connectivity index (χ4v) is 1.09. The van der Waals surface area contributed by atoms with Crippen LogP contribution in [0.1, 0.15) is 6.92 Å². The Morgan fingerprint density at radius 3 is 3.23 bits per heavy atom. The largest absolute Gasteiger partial charge is 0.447 e. The highest BCUT2D eigenvalue weighted by atomic mass is 16.6. The summed E-state index contributed by atoms with van der Waals surface area (Å²) in [4.78, 5) is 10.9. The molecule has 0 aromatic carbocycles. The van der Waals surface area contributed by atoms with Crippen LogP contribution in [0.4, 0.5) is 4.79 Å². The molecule has 1 fully saturated rings. The monoisotopic (exact) mass is 188 g/mol. The van der Waals surface area contributed by atoms with E-state index in [9.17, 15) is 4.79 Å². The molecule has 1 aliphatic rings. The van der Waals surface area contributed by atoms with Gasteiger partial charge in [0, 0.05) is 19.6 Å². The second-order valence-corrected chi connectivity index (χ2v) is 2.83. The van der Waals surface area contributed by atoms with Crippen molar-refractivity contribution in [3.63, 3.8) is 0 Å². The minimum atomic E-state index is -0.378. The first kappa shape index (κ1) is 10.3. The van der Waals surface area contributed by atoms with Crippen LogP contribution in [0.25, 0.3) is 0 Å². The normalized spacial score (nSPS) is 22.4. The molecule has 2 N–H and O–H groups in total. The van der Waals surface area contributed by atoms with E-state index < -0.39 is 0 Å². The molecule has 76 valence electrons. The highest BCUT2D eigenvalue weighted by Crippen LogP contribution is 1.96. The van der Waals surface area contributed by atoms with Gasteiger partial charge in [-0.05, 0) is 6.92 Å². The predicted octanol–water partition coefficient (Wildman–Crippen LogP) is -0.279. The highest BCUT2D eigenvalue weighted by Gasteiger charge is 2.14. The molecule has 1 unspecified atom stereocenters. The molecule has 1 saturated heterocycles. The summed E-state index contributed by atoms with van der Waals surface area (Å²) in [7, 11) is 0. The Morgan fingerprint density at radius 1 is 1.77 bits per heavy atom. The molecule has 0 spiro atoms. The van der Waals surface area contributed by atoms with Crippen LogP contribution in [-0.4, -0.2) is 45.0 Å². The molecular formula is C8H16N2O3. The van der Waals surface area contributed by atoms with Crippen LogP contribution >= 0.6 is 0 Å². The van der Waals surface area contributed by atoms with Crippen molar-refractivity contribution >= 4 is 6.09 Å². The number of amides is 1. The van der Waals surface area contributed by atoms with Crippen molar-refractivity contribution in [2.75, 3.05) is 32.8 Å². The van der Waals surface area contributed by atoms with Crippen molar-refractivity contribution < 1.29 is 14.3 Å². The number of morpholine rings is 1. The third kappa shape index (κ3) is 4.10. The smallest absolute Gasteiger partial charge is 0.407 e. The molecule has 1 heterocycles. The molecule has 1 aliphatic heterocycles. The maximum atomic E-state index is 10.9. The molecule has 1 amide bonds. The second-order valence-electron chi connectivity index (χ2n) is 2.83. The van der Waals surface area contributed by atoms with Crippen LogP contribution in [0.5, 0.6) is 0 Å². The van der Waals surface area contributed by atoms with Crippen LogP contribution in [0.15, 0.2) is 0 Å². The van der Waals surface area contributed by atoms with Crippen LogP contribution in [0, 0.1) is 0 Å². The van der Waals surface area contributed by atoms with Gasteiger partial charge in [-0.3, -0.25) is 0 Å². The van der Waals surface area contributed by atoms with Gasteiger partial charge in [0.2, 0.25) is 0 Å². The maximum absolute atomic E-state index is 10.9. The van der Waals surface area contributed by atoms with E-state index in [-0.39, 0.29) is 12.2 Å². The second kappa shape index (κ2) is 5.77. The van der Waals surface area contributed by atoms with Crippen molar-refractivity contribution in [1.29, 1.82) is 0 Å². The Morgan fingerprint density at radius 2 is 2.62 bits per heavy atom. The van der Waals surface area contributed by atoms with Crippen molar-refractivity contribution in [3.8, 4) is 0 Å². The van der Waals surface area contributed by atoms with E-state index in [4.69, 9.17) is 9.47 Å². The number of hydrogen-bond donors (Lipinski definition) is 2. The first-order valence-electron chi connectivity index (χ1n) is 4.56. The zero-order chi connectivity index (χ0) is 9.52. The summed E-state index contributed by atoms with van der Waals surface area (Å²) >= 11 is 0. The molecule has 0 saturated carbocycles. The summed E-state index contributed by atoms with van der Waals surface area (Å²) in [5.74, 6) is 0. The molecular weight excluding hydrogens is 172 g/mol. The van der Waals surface area contributed by atoms with Gasteiger partial charge in [-0.2, -0.15) is 0 Å². The molecule has 0 aromatic rings. The number of hydrogen-bond acceptors (Lipinski definition) is 4. The fraction of sp³-hybridized carbons (Fsp3) is 0.875. The lowest BCUT2D eigenvalue weighted by atomic mass is 10.3. The molecule has 0 bridgehead atoms. The SMILES string of the molecule is CCNC(=O)OCC1CNCCO1. The number of carbonyl (C=O) groups excluding carboxylic acids is 1. The van der Waals surface area contributed by atoms with Gasteiger partial charge in [0.1, 0.15) is 12.7 Å². The third-order valence-corrected chi connectivity index (χ3v) is 1.73. The summed E-state index contributed by atoms with van der Waals surface area (Å²) in [6.45, 7) is 5.06. The van der Waals surface area contributed by atoms with E-state index in [1.165, 1.54) is 0 Å². The average molecular weight is 188 g/mol. The lowest BCUT2D eigenvalue weighted by Crippen LogP contribution is -2.42. The van der Waals surface area contributed by atoms with Gasteiger partial charge in [-0.25, -0.2) is 4.79 Å². The predicted molar refractivity (Wildman–Crippen MR) is 47.6 cm³/mol. The zero-order valence-electron chi connectivity index (χ0n) is 7.84. The van der Waals surface area contributed by atoms with Crippen molar-refractivity contribution in [3.05, 3.63) is 0 Å². The average Bonchev–Trinajstić information content (AvgIpc) is 2.17. The Balaban J connectivity index is 2.06. The van der Waals surface area contributed by atoms with Crippen molar-refractivity contribution in [2.24, 2.45) is 0 Å². The highest BCUT2D eigenvalue weighted by molar-refractivity contribution is 5.66. The van der Waals surface area contributed by atoms with Crippen molar-refractivity contribution in [2.45, 2.75) is 13.0 Å². The van der Waals surface area contributed by atoms with Gasteiger partial charge in [0.15, 0.2) is 0 Å². The van der Waals surface area contributed by atoms with Crippen LogP contribution in [0.2, 0.25) is 0 Å². The number of carbonyl (C=O) groups is 1. The molecule has 0 aromatic heterocycles. The van der Waals surface area contributed by atoms with Crippen molar-refractivity contribution in [1.82, 2.24) is 10.6 Å². The molecule has 1 atom stereocenters. The topological polar surface area (TPSA) is 59.6 Å². The van der Waals surface area contributed by atoms with E-state index >= 15 is 0 Å². The molecule has 0 radical (unpaired) electrons. The molecule has 13 heavy (non-hydrogen) atoms. The van der Waals surface area contributed by atoms with E-state index in [2.05, 4.69) is 10.6 Å². The van der Waals surface area contributed by atoms with Gasteiger partial charge in [-0.15, -0.1) is 0 Å². The number of rotatable bonds is 3. The summed E-state index contributed by atoms with van der Waals surface area (Å²) < 4.78 is 10.2. The van der Waals surface area contributed by atoms with Gasteiger partial charge in [-0.1, -0.05) is 0 Å². The lowest BCUT2D eigenvalue weighted by Gasteiger charge is -2.23. The third-order valence-electron chi connectivity index (χ3n) is 1.73. The molecule has 1 rings (SSSR count). The molecule has 5 heteroatoms. The van der Waals surface area contributed by atoms with Gasteiger partial charge < -0.3 is 20.1 Å².